The molecule has 0 saturated heterocycles. The van der Waals surface area contributed by atoms with Gasteiger partial charge >= 0.3 is 0 Å². The van der Waals surface area contributed by atoms with E-state index in [1.165, 1.54) is 24.5 Å². The fraction of sp³-hybridized carbons (Fsp3) is 0. The van der Waals surface area contributed by atoms with Crippen LogP contribution < -0.4 is 0 Å². The summed E-state index contributed by atoms with van der Waals surface area (Å²) in [5, 5.41) is 7.55. The van der Waals surface area contributed by atoms with Crippen LogP contribution in [-0.4, -0.2) is 14.8 Å². The van der Waals surface area contributed by atoms with Crippen molar-refractivity contribution in [1.82, 2.24) is 14.8 Å². The fourth-order valence-electron chi connectivity index (χ4n) is 1.89. The maximum atomic E-state index is 13.8. The van der Waals surface area contributed by atoms with Crippen LogP contribution in [0.3, 0.4) is 0 Å². The molecule has 0 radical (unpaired) electrons. The summed E-state index contributed by atoms with van der Waals surface area (Å²) in [4.78, 5) is 0. The number of hydrogen-bond acceptors (Lipinski definition) is 2. The Morgan fingerprint density at radius 1 is 0.842 bits per heavy atom. The molecular weight excluding hydrogens is 248 g/mol. The second kappa shape index (κ2) is 4.61. The zero-order chi connectivity index (χ0) is 13.2. The maximum Gasteiger partial charge on any atom is 0.174 e. The highest BCUT2D eigenvalue weighted by molar-refractivity contribution is 5.59. The van der Waals surface area contributed by atoms with Crippen LogP contribution in [0.15, 0.2) is 54.9 Å². The van der Waals surface area contributed by atoms with Gasteiger partial charge in [0.1, 0.15) is 18.0 Å². The molecule has 0 unspecified atom stereocenters. The van der Waals surface area contributed by atoms with Gasteiger partial charge < -0.3 is 0 Å². The molecule has 0 atom stereocenters. The largest absolute Gasteiger partial charge is 0.281 e. The Morgan fingerprint density at radius 3 is 2.21 bits per heavy atom. The Bertz CT molecular complexity index is 687. The van der Waals surface area contributed by atoms with E-state index in [0.717, 1.165) is 5.69 Å². The molecule has 2 aromatic carbocycles. The molecule has 0 amide bonds. The minimum Gasteiger partial charge on any atom is -0.281 e. The van der Waals surface area contributed by atoms with Crippen molar-refractivity contribution in [1.29, 1.82) is 0 Å². The van der Waals surface area contributed by atoms with E-state index in [0.29, 0.717) is 0 Å². The van der Waals surface area contributed by atoms with Gasteiger partial charge in [-0.25, -0.2) is 8.78 Å². The average Bonchev–Trinajstić information content (AvgIpc) is 2.89. The van der Waals surface area contributed by atoms with E-state index < -0.39 is 11.6 Å². The predicted octanol–water partition coefficient (Wildman–Crippen LogP) is 3.21. The Hall–Kier alpha value is -2.56. The molecule has 0 aliphatic carbocycles. The first-order valence-corrected chi connectivity index (χ1v) is 5.67. The van der Waals surface area contributed by atoms with E-state index in [1.54, 1.807) is 4.57 Å². The zero-order valence-electron chi connectivity index (χ0n) is 9.79. The quantitative estimate of drug-likeness (QED) is 0.705. The van der Waals surface area contributed by atoms with Gasteiger partial charge in [-0.3, -0.25) is 4.57 Å². The van der Waals surface area contributed by atoms with E-state index in [9.17, 15) is 8.78 Å². The van der Waals surface area contributed by atoms with Crippen LogP contribution in [0.2, 0.25) is 0 Å². The third-order valence-corrected chi connectivity index (χ3v) is 2.77. The number of hydrogen-bond donors (Lipinski definition) is 0. The first kappa shape index (κ1) is 11.5. The molecule has 0 spiro atoms. The molecule has 0 aliphatic heterocycles. The van der Waals surface area contributed by atoms with Crippen molar-refractivity contribution >= 4 is 0 Å². The molecular formula is C14H9F2N3. The minimum atomic E-state index is -0.662. The second-order valence-corrected chi connectivity index (χ2v) is 3.96. The van der Waals surface area contributed by atoms with Gasteiger partial charge in [-0.2, -0.15) is 0 Å². The Labute approximate surface area is 108 Å². The van der Waals surface area contributed by atoms with Crippen molar-refractivity contribution in [3.8, 4) is 17.1 Å². The van der Waals surface area contributed by atoms with E-state index in [-0.39, 0.29) is 11.4 Å². The number of halogens is 2. The van der Waals surface area contributed by atoms with Crippen LogP contribution in [0, 0.1) is 11.6 Å². The number of aromatic nitrogens is 3. The summed E-state index contributed by atoms with van der Waals surface area (Å²) in [5.41, 5.74) is 0.564. The smallest absolute Gasteiger partial charge is 0.174 e. The highest BCUT2D eigenvalue weighted by atomic mass is 19.1. The monoisotopic (exact) mass is 257 g/mol. The molecule has 3 rings (SSSR count). The maximum absolute atomic E-state index is 13.8. The standard InChI is InChI=1S/C14H9F2N3/c15-11-7-4-8-12(16)13(11)14-18-17-9-19(14)10-5-2-1-3-6-10/h1-9H. The first-order chi connectivity index (χ1) is 9.27. The number of nitrogens with zero attached hydrogens (tertiary/aromatic N) is 3. The van der Waals surface area contributed by atoms with E-state index >= 15 is 0 Å². The Kier molecular flexibility index (Phi) is 2.79. The van der Waals surface area contributed by atoms with E-state index in [2.05, 4.69) is 10.2 Å². The van der Waals surface area contributed by atoms with Gasteiger partial charge in [0.25, 0.3) is 0 Å². The molecule has 3 nitrogen and oxygen atoms in total. The van der Waals surface area contributed by atoms with Crippen molar-refractivity contribution in [3.05, 3.63) is 66.5 Å². The van der Waals surface area contributed by atoms with Gasteiger partial charge in [-0.1, -0.05) is 24.3 Å². The van der Waals surface area contributed by atoms with Gasteiger partial charge in [0.15, 0.2) is 5.82 Å². The Morgan fingerprint density at radius 2 is 1.53 bits per heavy atom. The third kappa shape index (κ3) is 1.99. The zero-order valence-corrected chi connectivity index (χ0v) is 9.79. The van der Waals surface area contributed by atoms with Crippen LogP contribution in [0.25, 0.3) is 17.1 Å². The SMILES string of the molecule is Fc1cccc(F)c1-c1nncn1-c1ccccc1. The summed E-state index contributed by atoms with van der Waals surface area (Å²) in [7, 11) is 0. The van der Waals surface area contributed by atoms with Crippen molar-refractivity contribution < 1.29 is 8.78 Å². The van der Waals surface area contributed by atoms with Crippen LogP contribution in [0.5, 0.6) is 0 Å². The lowest BCUT2D eigenvalue weighted by molar-refractivity contribution is 0.586. The lowest BCUT2D eigenvalue weighted by atomic mass is 10.2. The highest BCUT2D eigenvalue weighted by Crippen LogP contribution is 2.25. The molecule has 1 heterocycles. The lowest BCUT2D eigenvalue weighted by Gasteiger charge is -2.07. The molecule has 1 aromatic heterocycles. The molecule has 94 valence electrons. The summed E-state index contributed by atoms with van der Waals surface area (Å²) in [6.45, 7) is 0. The van der Waals surface area contributed by atoms with Gasteiger partial charge in [0.05, 0.1) is 5.56 Å². The van der Waals surface area contributed by atoms with Crippen LogP contribution in [-0.2, 0) is 0 Å². The van der Waals surface area contributed by atoms with Gasteiger partial charge in [-0.15, -0.1) is 10.2 Å². The van der Waals surface area contributed by atoms with Crippen molar-refractivity contribution in [2.75, 3.05) is 0 Å². The average molecular weight is 257 g/mol. The van der Waals surface area contributed by atoms with Crippen molar-refractivity contribution in [3.63, 3.8) is 0 Å². The van der Waals surface area contributed by atoms with Crippen LogP contribution >= 0.6 is 0 Å². The van der Waals surface area contributed by atoms with E-state index in [1.807, 2.05) is 30.3 Å². The lowest BCUT2D eigenvalue weighted by Crippen LogP contribution is -1.99. The number of para-hydroxylation sites is 1. The molecule has 5 heteroatoms. The first-order valence-electron chi connectivity index (χ1n) is 5.67. The number of rotatable bonds is 2. The van der Waals surface area contributed by atoms with Gasteiger partial charge in [0.2, 0.25) is 0 Å². The second-order valence-electron chi connectivity index (χ2n) is 3.96. The topological polar surface area (TPSA) is 30.7 Å². The third-order valence-electron chi connectivity index (χ3n) is 2.77. The van der Waals surface area contributed by atoms with Gasteiger partial charge in [0, 0.05) is 5.69 Å². The van der Waals surface area contributed by atoms with Crippen molar-refractivity contribution in [2.24, 2.45) is 0 Å². The summed E-state index contributed by atoms with van der Waals surface area (Å²) in [6, 6.07) is 12.9. The molecule has 0 saturated carbocycles. The molecule has 0 bridgehead atoms. The number of benzene rings is 2. The fourth-order valence-corrected chi connectivity index (χ4v) is 1.89. The summed E-state index contributed by atoms with van der Waals surface area (Å²) in [5.74, 6) is -1.18. The molecule has 3 aromatic rings. The summed E-state index contributed by atoms with van der Waals surface area (Å²) in [6.07, 6.45) is 1.43. The highest BCUT2D eigenvalue weighted by Gasteiger charge is 2.17. The summed E-state index contributed by atoms with van der Waals surface area (Å²) < 4.78 is 29.1. The normalized spacial score (nSPS) is 10.6. The molecule has 0 N–H and O–H groups in total. The molecule has 0 fully saturated rings. The minimum absolute atomic E-state index is 0.141. The van der Waals surface area contributed by atoms with Crippen LogP contribution in [0.4, 0.5) is 8.78 Å². The van der Waals surface area contributed by atoms with E-state index in [4.69, 9.17) is 0 Å². The molecule has 0 aliphatic rings. The summed E-state index contributed by atoms with van der Waals surface area (Å²) >= 11 is 0. The van der Waals surface area contributed by atoms with Crippen LogP contribution in [0.1, 0.15) is 0 Å². The Balaban J connectivity index is 2.21. The van der Waals surface area contributed by atoms with Crippen molar-refractivity contribution in [2.45, 2.75) is 0 Å². The molecule has 19 heavy (non-hydrogen) atoms. The van der Waals surface area contributed by atoms with Gasteiger partial charge in [-0.05, 0) is 24.3 Å². The predicted molar refractivity (Wildman–Crippen MR) is 66.7 cm³/mol.